The predicted octanol–water partition coefficient (Wildman–Crippen LogP) is 3.63. The lowest BCUT2D eigenvalue weighted by atomic mass is 10.1. The number of carbonyl (C=O) groups excluding carboxylic acids is 1. The molecule has 0 radical (unpaired) electrons. The largest absolute Gasteiger partial charge is 0.480 e. The molecule has 1 saturated heterocycles. The molecule has 22 heavy (non-hydrogen) atoms. The third-order valence-corrected chi connectivity index (χ3v) is 5.10. The van der Waals surface area contributed by atoms with E-state index < -0.39 is 0 Å². The summed E-state index contributed by atoms with van der Waals surface area (Å²) in [4.78, 5) is 18.8. The molecule has 0 spiro atoms. The number of ether oxygens (including phenoxy) is 1. The maximum atomic E-state index is 12.9. The lowest BCUT2D eigenvalue weighted by Crippen LogP contribution is -2.31. The Morgan fingerprint density at radius 3 is 2.95 bits per heavy atom. The van der Waals surface area contributed by atoms with Gasteiger partial charge in [-0.1, -0.05) is 29.8 Å². The van der Waals surface area contributed by atoms with E-state index in [0.29, 0.717) is 23.0 Å². The van der Waals surface area contributed by atoms with Gasteiger partial charge in [0.1, 0.15) is 10.9 Å². The van der Waals surface area contributed by atoms with Crippen LogP contribution in [0.3, 0.4) is 0 Å². The van der Waals surface area contributed by atoms with Crippen molar-refractivity contribution in [2.24, 2.45) is 0 Å². The molecule has 1 aromatic heterocycles. The lowest BCUT2D eigenvalue weighted by molar-refractivity contribution is 0.0756. The van der Waals surface area contributed by atoms with Crippen LogP contribution in [-0.4, -0.2) is 35.2 Å². The number of hydrogen-bond donors (Lipinski definition) is 0. The van der Waals surface area contributed by atoms with Crippen LogP contribution in [0, 0.1) is 0 Å². The van der Waals surface area contributed by atoms with Gasteiger partial charge in [0.2, 0.25) is 5.88 Å². The van der Waals surface area contributed by atoms with Crippen molar-refractivity contribution in [3.8, 4) is 5.88 Å². The summed E-state index contributed by atoms with van der Waals surface area (Å²) in [6.07, 6.45) is 1.61. The van der Waals surface area contributed by atoms with Crippen molar-refractivity contribution < 1.29 is 9.53 Å². The molecule has 6 heteroatoms. The van der Waals surface area contributed by atoms with Crippen molar-refractivity contribution in [1.29, 1.82) is 0 Å². The van der Waals surface area contributed by atoms with Gasteiger partial charge in [0.05, 0.1) is 7.11 Å². The molecule has 1 atom stereocenters. The first kappa shape index (κ1) is 15.2. The third-order valence-electron chi connectivity index (χ3n) is 3.52. The second-order valence-electron chi connectivity index (χ2n) is 4.80. The van der Waals surface area contributed by atoms with Crippen molar-refractivity contribution in [3.63, 3.8) is 0 Å². The van der Waals surface area contributed by atoms with Gasteiger partial charge in [0.25, 0.3) is 5.91 Å². The van der Waals surface area contributed by atoms with Gasteiger partial charge in [-0.2, -0.15) is 0 Å². The Hall–Kier alpha value is -1.72. The van der Waals surface area contributed by atoms with Gasteiger partial charge >= 0.3 is 0 Å². The molecule has 1 amide bonds. The minimum absolute atomic E-state index is 0.0777. The zero-order valence-corrected chi connectivity index (χ0v) is 13.6. The first-order valence-corrected chi connectivity index (χ1v) is 8.31. The monoisotopic (exact) mass is 334 g/mol. The van der Waals surface area contributed by atoms with E-state index in [9.17, 15) is 4.79 Å². The zero-order chi connectivity index (χ0) is 15.5. The van der Waals surface area contributed by atoms with Crippen LogP contribution in [0.25, 0.3) is 0 Å². The molecule has 1 fully saturated rings. The molecule has 0 saturated carbocycles. The Labute approximate surface area is 138 Å². The minimum atomic E-state index is -0.0835. The molecule has 1 aliphatic heterocycles. The first-order chi connectivity index (χ1) is 10.7. The summed E-state index contributed by atoms with van der Waals surface area (Å²) in [5.74, 6) is 1.15. The van der Waals surface area contributed by atoms with Gasteiger partial charge in [-0.15, -0.1) is 11.8 Å². The van der Waals surface area contributed by atoms with E-state index >= 15 is 0 Å². The van der Waals surface area contributed by atoms with Crippen molar-refractivity contribution in [2.75, 3.05) is 19.4 Å². The van der Waals surface area contributed by atoms with Crippen LogP contribution in [0.5, 0.6) is 5.88 Å². The maximum Gasteiger partial charge on any atom is 0.260 e. The molecule has 1 aromatic carbocycles. The molecule has 2 heterocycles. The van der Waals surface area contributed by atoms with E-state index in [4.69, 9.17) is 16.3 Å². The molecular weight excluding hydrogens is 320 g/mol. The first-order valence-electron chi connectivity index (χ1n) is 6.88. The number of aromatic nitrogens is 1. The van der Waals surface area contributed by atoms with Crippen LogP contribution in [-0.2, 0) is 0 Å². The number of thioether (sulfide) groups is 1. The summed E-state index contributed by atoms with van der Waals surface area (Å²) < 4.78 is 5.20. The van der Waals surface area contributed by atoms with E-state index in [0.717, 1.165) is 11.3 Å². The second-order valence-corrected chi connectivity index (χ2v) is 6.40. The van der Waals surface area contributed by atoms with Crippen LogP contribution in [0.2, 0.25) is 5.02 Å². The Morgan fingerprint density at radius 2 is 2.18 bits per heavy atom. The SMILES string of the molecule is COc1ncccc1C(=O)N1CCSC1c1ccccc1Cl. The van der Waals surface area contributed by atoms with Crippen LogP contribution in [0.1, 0.15) is 21.3 Å². The van der Waals surface area contributed by atoms with E-state index in [1.165, 1.54) is 7.11 Å². The standard InChI is InChI=1S/C16H15ClN2O2S/c1-21-14-12(6-4-8-18-14)15(20)19-9-10-22-16(19)11-5-2-3-7-13(11)17/h2-8,16H,9-10H2,1H3. The summed E-state index contributed by atoms with van der Waals surface area (Å²) in [6.45, 7) is 0.678. The second kappa shape index (κ2) is 6.58. The number of nitrogens with zero attached hydrogens (tertiary/aromatic N) is 2. The Balaban J connectivity index is 1.93. The fourth-order valence-corrected chi connectivity index (χ4v) is 4.08. The Kier molecular flexibility index (Phi) is 4.55. The van der Waals surface area contributed by atoms with Gasteiger partial charge in [0.15, 0.2) is 0 Å². The van der Waals surface area contributed by atoms with Crippen LogP contribution >= 0.6 is 23.4 Å². The third kappa shape index (κ3) is 2.78. The summed E-state index contributed by atoms with van der Waals surface area (Å²) in [5, 5.41) is 0.601. The summed E-state index contributed by atoms with van der Waals surface area (Å²) in [5.41, 5.74) is 1.44. The number of rotatable bonds is 3. The number of amides is 1. The van der Waals surface area contributed by atoms with Crippen LogP contribution in [0.15, 0.2) is 42.6 Å². The van der Waals surface area contributed by atoms with E-state index in [1.54, 1.807) is 30.1 Å². The number of pyridine rings is 1. The Bertz CT molecular complexity index is 695. The van der Waals surface area contributed by atoms with Gasteiger partial charge in [-0.25, -0.2) is 4.98 Å². The summed E-state index contributed by atoms with van der Waals surface area (Å²) in [7, 11) is 1.52. The van der Waals surface area contributed by atoms with Gasteiger partial charge in [-0.05, 0) is 18.2 Å². The average Bonchev–Trinajstić information content (AvgIpc) is 3.04. The molecule has 1 aliphatic rings. The Morgan fingerprint density at radius 1 is 1.36 bits per heavy atom. The highest BCUT2D eigenvalue weighted by Crippen LogP contribution is 2.41. The molecule has 1 unspecified atom stereocenters. The van der Waals surface area contributed by atoms with Crippen molar-refractivity contribution in [1.82, 2.24) is 9.88 Å². The number of hydrogen-bond acceptors (Lipinski definition) is 4. The highest BCUT2D eigenvalue weighted by molar-refractivity contribution is 7.99. The molecule has 4 nitrogen and oxygen atoms in total. The van der Waals surface area contributed by atoms with E-state index in [2.05, 4.69) is 4.98 Å². The van der Waals surface area contributed by atoms with Crippen LogP contribution < -0.4 is 4.74 Å². The quantitative estimate of drug-likeness (QED) is 0.859. The lowest BCUT2D eigenvalue weighted by Gasteiger charge is -2.25. The normalized spacial score (nSPS) is 17.5. The van der Waals surface area contributed by atoms with Gasteiger partial charge in [0, 0.05) is 29.1 Å². The molecule has 0 N–H and O–H groups in total. The van der Waals surface area contributed by atoms with Crippen molar-refractivity contribution in [3.05, 3.63) is 58.7 Å². The highest BCUT2D eigenvalue weighted by atomic mass is 35.5. The van der Waals surface area contributed by atoms with Gasteiger partial charge < -0.3 is 9.64 Å². The molecular formula is C16H15ClN2O2S. The fourth-order valence-electron chi connectivity index (χ4n) is 2.48. The zero-order valence-electron chi connectivity index (χ0n) is 12.0. The summed E-state index contributed by atoms with van der Waals surface area (Å²) in [6, 6.07) is 11.1. The minimum Gasteiger partial charge on any atom is -0.480 e. The number of benzene rings is 1. The number of halogens is 1. The molecule has 0 bridgehead atoms. The van der Waals surface area contributed by atoms with Crippen molar-refractivity contribution >= 4 is 29.3 Å². The fraction of sp³-hybridized carbons (Fsp3) is 0.250. The smallest absolute Gasteiger partial charge is 0.260 e. The van der Waals surface area contributed by atoms with E-state index in [-0.39, 0.29) is 11.3 Å². The van der Waals surface area contributed by atoms with Gasteiger partial charge in [-0.3, -0.25) is 4.79 Å². The average molecular weight is 335 g/mol. The maximum absolute atomic E-state index is 12.9. The topological polar surface area (TPSA) is 42.4 Å². The molecule has 2 aromatic rings. The van der Waals surface area contributed by atoms with Crippen molar-refractivity contribution in [2.45, 2.75) is 5.37 Å². The van der Waals surface area contributed by atoms with E-state index in [1.807, 2.05) is 29.2 Å². The molecule has 0 aliphatic carbocycles. The molecule has 114 valence electrons. The number of carbonyl (C=O) groups is 1. The number of methoxy groups -OCH3 is 1. The molecule has 3 rings (SSSR count). The summed E-state index contributed by atoms with van der Waals surface area (Å²) >= 11 is 8.00. The van der Waals surface area contributed by atoms with Crippen LogP contribution in [0.4, 0.5) is 0 Å². The highest BCUT2D eigenvalue weighted by Gasteiger charge is 2.33. The predicted molar refractivity (Wildman–Crippen MR) is 88.5 cm³/mol.